The van der Waals surface area contributed by atoms with Gasteiger partial charge in [-0.2, -0.15) is 10.1 Å². The molecular formula is C15H19N5O. The van der Waals surface area contributed by atoms with E-state index >= 15 is 0 Å². The smallest absolute Gasteiger partial charge is 0.244 e. The highest BCUT2D eigenvalue weighted by molar-refractivity contribution is 5.57. The Morgan fingerprint density at radius 3 is 2.62 bits per heavy atom. The highest BCUT2D eigenvalue weighted by Crippen LogP contribution is 2.22. The van der Waals surface area contributed by atoms with Crippen LogP contribution in [0.25, 0.3) is 0 Å². The number of aromatic nitrogens is 3. The molecule has 110 valence electrons. The fraction of sp³-hybridized carbons (Fsp3) is 0.400. The van der Waals surface area contributed by atoms with Gasteiger partial charge in [0.2, 0.25) is 5.95 Å². The van der Waals surface area contributed by atoms with E-state index in [1.807, 2.05) is 24.3 Å². The molecule has 3 rings (SSSR count). The maximum atomic E-state index is 5.14. The van der Waals surface area contributed by atoms with Gasteiger partial charge in [-0.15, -0.1) is 5.10 Å². The van der Waals surface area contributed by atoms with Crippen molar-refractivity contribution in [2.45, 2.75) is 31.7 Å². The molecule has 0 saturated heterocycles. The zero-order chi connectivity index (χ0) is 14.5. The minimum Gasteiger partial charge on any atom is -0.497 e. The number of nitrogens with zero attached hydrogens (tertiary/aromatic N) is 3. The monoisotopic (exact) mass is 285 g/mol. The summed E-state index contributed by atoms with van der Waals surface area (Å²) in [6, 6.07) is 8.14. The van der Waals surface area contributed by atoms with Gasteiger partial charge >= 0.3 is 0 Å². The van der Waals surface area contributed by atoms with E-state index in [2.05, 4.69) is 25.8 Å². The van der Waals surface area contributed by atoms with Gasteiger partial charge in [-0.25, -0.2) is 0 Å². The molecule has 0 amide bonds. The van der Waals surface area contributed by atoms with Crippen LogP contribution in [-0.2, 0) is 0 Å². The molecule has 0 bridgehead atoms. The Morgan fingerprint density at radius 2 is 1.90 bits per heavy atom. The summed E-state index contributed by atoms with van der Waals surface area (Å²) in [6.07, 6.45) is 6.52. The molecule has 1 aromatic heterocycles. The van der Waals surface area contributed by atoms with Gasteiger partial charge in [-0.3, -0.25) is 0 Å². The molecule has 6 heteroatoms. The molecule has 0 aliphatic heterocycles. The lowest BCUT2D eigenvalue weighted by Crippen LogP contribution is -2.17. The lowest BCUT2D eigenvalue weighted by molar-refractivity contribution is 0.415. The molecule has 0 atom stereocenters. The van der Waals surface area contributed by atoms with Gasteiger partial charge in [0.1, 0.15) is 5.75 Å². The first-order chi connectivity index (χ1) is 10.3. The number of hydrogen-bond acceptors (Lipinski definition) is 6. The van der Waals surface area contributed by atoms with Crippen LogP contribution in [-0.4, -0.2) is 28.3 Å². The predicted octanol–water partition coefficient (Wildman–Crippen LogP) is 2.98. The standard InChI is InChI=1S/C15H19N5O/c1-21-13-8-6-12(7-9-13)17-14-10-16-20-15(19-14)18-11-4-2-3-5-11/h6-11H,2-5H2,1H3,(H2,17,18,19,20). The zero-order valence-corrected chi connectivity index (χ0v) is 12.0. The van der Waals surface area contributed by atoms with Crippen LogP contribution in [0.1, 0.15) is 25.7 Å². The molecule has 1 aliphatic carbocycles. The summed E-state index contributed by atoms with van der Waals surface area (Å²) >= 11 is 0. The van der Waals surface area contributed by atoms with E-state index in [-0.39, 0.29) is 0 Å². The van der Waals surface area contributed by atoms with Gasteiger partial charge in [0.25, 0.3) is 0 Å². The van der Waals surface area contributed by atoms with Gasteiger partial charge in [-0.1, -0.05) is 12.8 Å². The fourth-order valence-corrected chi connectivity index (χ4v) is 2.50. The largest absolute Gasteiger partial charge is 0.497 e. The van der Waals surface area contributed by atoms with Crippen LogP contribution in [0.3, 0.4) is 0 Å². The van der Waals surface area contributed by atoms with Gasteiger partial charge in [0.15, 0.2) is 5.82 Å². The summed E-state index contributed by atoms with van der Waals surface area (Å²) in [6.45, 7) is 0. The molecule has 1 saturated carbocycles. The van der Waals surface area contributed by atoms with Gasteiger partial charge in [0.05, 0.1) is 13.3 Å². The van der Waals surface area contributed by atoms with E-state index in [1.165, 1.54) is 25.7 Å². The van der Waals surface area contributed by atoms with Crippen molar-refractivity contribution in [1.29, 1.82) is 0 Å². The summed E-state index contributed by atoms with van der Waals surface area (Å²) < 4.78 is 5.14. The summed E-state index contributed by atoms with van der Waals surface area (Å²) in [5.41, 5.74) is 0.933. The van der Waals surface area contributed by atoms with Crippen molar-refractivity contribution in [3.8, 4) is 5.75 Å². The van der Waals surface area contributed by atoms with E-state index in [4.69, 9.17) is 4.74 Å². The molecule has 6 nitrogen and oxygen atoms in total. The highest BCUT2D eigenvalue weighted by Gasteiger charge is 2.15. The Labute approximate surface area is 124 Å². The Morgan fingerprint density at radius 1 is 1.14 bits per heavy atom. The molecule has 1 heterocycles. The van der Waals surface area contributed by atoms with Crippen molar-refractivity contribution in [1.82, 2.24) is 15.2 Å². The number of benzene rings is 1. The first-order valence-electron chi connectivity index (χ1n) is 7.21. The molecule has 2 aromatic rings. The zero-order valence-electron chi connectivity index (χ0n) is 12.0. The number of nitrogens with one attached hydrogen (secondary N) is 2. The molecule has 1 fully saturated rings. The third-order valence-corrected chi connectivity index (χ3v) is 3.61. The summed E-state index contributed by atoms with van der Waals surface area (Å²) in [7, 11) is 1.65. The third kappa shape index (κ3) is 3.59. The fourth-order valence-electron chi connectivity index (χ4n) is 2.50. The average Bonchev–Trinajstić information content (AvgIpc) is 3.01. The second-order valence-electron chi connectivity index (χ2n) is 5.14. The molecule has 1 aromatic carbocycles. The van der Waals surface area contributed by atoms with E-state index in [0.717, 1.165) is 11.4 Å². The van der Waals surface area contributed by atoms with Crippen LogP contribution in [0.5, 0.6) is 5.75 Å². The van der Waals surface area contributed by atoms with Crippen molar-refractivity contribution in [3.63, 3.8) is 0 Å². The maximum Gasteiger partial charge on any atom is 0.244 e. The second-order valence-corrected chi connectivity index (χ2v) is 5.14. The van der Waals surface area contributed by atoms with Crippen LogP contribution in [0, 0.1) is 0 Å². The van der Waals surface area contributed by atoms with Crippen LogP contribution < -0.4 is 15.4 Å². The van der Waals surface area contributed by atoms with Crippen molar-refractivity contribution < 1.29 is 4.74 Å². The molecular weight excluding hydrogens is 266 g/mol. The Balaban J connectivity index is 1.66. The first kappa shape index (κ1) is 13.6. The molecule has 21 heavy (non-hydrogen) atoms. The Hall–Kier alpha value is -2.37. The lowest BCUT2D eigenvalue weighted by Gasteiger charge is -2.12. The van der Waals surface area contributed by atoms with Crippen molar-refractivity contribution >= 4 is 17.5 Å². The highest BCUT2D eigenvalue weighted by atomic mass is 16.5. The summed E-state index contributed by atoms with van der Waals surface area (Å²) in [5, 5.41) is 14.6. The van der Waals surface area contributed by atoms with Crippen molar-refractivity contribution in [2.24, 2.45) is 0 Å². The number of methoxy groups -OCH3 is 1. The number of rotatable bonds is 5. The van der Waals surface area contributed by atoms with Crippen molar-refractivity contribution in [3.05, 3.63) is 30.5 Å². The number of hydrogen-bond donors (Lipinski definition) is 2. The van der Waals surface area contributed by atoms with Crippen LogP contribution in [0.2, 0.25) is 0 Å². The molecule has 1 aliphatic rings. The number of ether oxygens (including phenoxy) is 1. The number of anilines is 3. The summed E-state index contributed by atoms with van der Waals surface area (Å²) in [4.78, 5) is 4.45. The average molecular weight is 285 g/mol. The minimum atomic E-state index is 0.475. The Bertz CT molecular complexity index is 581. The van der Waals surface area contributed by atoms with Crippen LogP contribution >= 0.6 is 0 Å². The van der Waals surface area contributed by atoms with E-state index in [9.17, 15) is 0 Å². The van der Waals surface area contributed by atoms with E-state index in [0.29, 0.717) is 17.8 Å². The third-order valence-electron chi connectivity index (χ3n) is 3.61. The van der Waals surface area contributed by atoms with Gasteiger partial charge < -0.3 is 15.4 Å². The van der Waals surface area contributed by atoms with Crippen LogP contribution in [0.4, 0.5) is 17.5 Å². The quantitative estimate of drug-likeness (QED) is 0.880. The lowest BCUT2D eigenvalue weighted by atomic mass is 10.3. The first-order valence-corrected chi connectivity index (χ1v) is 7.21. The summed E-state index contributed by atoms with van der Waals surface area (Å²) in [5.74, 6) is 2.08. The molecule has 0 radical (unpaired) electrons. The molecule has 2 N–H and O–H groups in total. The second kappa shape index (κ2) is 6.39. The molecule has 0 spiro atoms. The molecule has 0 unspecified atom stereocenters. The predicted molar refractivity (Wildman–Crippen MR) is 82.0 cm³/mol. The van der Waals surface area contributed by atoms with Gasteiger partial charge in [-0.05, 0) is 37.1 Å². The van der Waals surface area contributed by atoms with Crippen molar-refractivity contribution in [2.75, 3.05) is 17.7 Å². The van der Waals surface area contributed by atoms with E-state index in [1.54, 1.807) is 13.3 Å². The van der Waals surface area contributed by atoms with E-state index < -0.39 is 0 Å². The maximum absolute atomic E-state index is 5.14. The van der Waals surface area contributed by atoms with Gasteiger partial charge in [0, 0.05) is 11.7 Å². The Kier molecular flexibility index (Phi) is 4.14. The SMILES string of the molecule is COc1ccc(Nc2cnnc(NC3CCCC3)n2)cc1. The topological polar surface area (TPSA) is 72.0 Å². The van der Waals surface area contributed by atoms with Crippen LogP contribution in [0.15, 0.2) is 30.5 Å². The normalized spacial score (nSPS) is 14.9. The minimum absolute atomic E-state index is 0.475.